The van der Waals surface area contributed by atoms with Crippen molar-refractivity contribution in [1.29, 1.82) is 0 Å². The van der Waals surface area contributed by atoms with E-state index in [0.29, 0.717) is 12.6 Å². The molecule has 4 N–H and O–H groups in total. The van der Waals surface area contributed by atoms with Crippen LogP contribution in [0.3, 0.4) is 0 Å². The highest BCUT2D eigenvalue weighted by Crippen LogP contribution is 2.51. The molecule has 5 rings (SSSR count). The lowest BCUT2D eigenvalue weighted by Gasteiger charge is -2.41. The van der Waals surface area contributed by atoms with Gasteiger partial charge in [-0.2, -0.15) is 0 Å². The molecule has 2 amide bonds. The second-order valence-corrected chi connectivity index (χ2v) is 10.8. The predicted octanol–water partition coefficient (Wildman–Crippen LogP) is 5.07. The van der Waals surface area contributed by atoms with Crippen molar-refractivity contribution in [2.24, 2.45) is 5.73 Å². The number of carbonyl (C=O) groups is 1. The van der Waals surface area contributed by atoms with Crippen molar-refractivity contribution in [1.82, 2.24) is 15.5 Å². The molecule has 0 radical (unpaired) electrons. The van der Waals surface area contributed by atoms with Crippen molar-refractivity contribution < 1.29 is 9.53 Å². The molecule has 2 heterocycles. The lowest BCUT2D eigenvalue weighted by Crippen LogP contribution is -2.42. The van der Waals surface area contributed by atoms with Crippen LogP contribution in [-0.4, -0.2) is 28.3 Å². The van der Waals surface area contributed by atoms with Gasteiger partial charge in [0.2, 0.25) is 0 Å². The van der Waals surface area contributed by atoms with Crippen molar-refractivity contribution in [3.05, 3.63) is 63.6 Å². The Labute approximate surface area is 209 Å². The van der Waals surface area contributed by atoms with Gasteiger partial charge in [0.05, 0.1) is 12.1 Å². The standard InChI is InChI=1S/C26H32N6O2S/c1-15(2)28-26(33)29-18-9-7-17(8-10-18)25-24(27)21-12-11-20(34-14-23-31-30-16(3)35-23)13-22(21)32(25)19-5-4-6-19/h7-13,15,19,24-25H,4-6,14,27H2,1-3H3,(H2,28,29,33). The molecule has 184 valence electrons. The van der Waals surface area contributed by atoms with E-state index in [1.54, 1.807) is 11.3 Å². The maximum Gasteiger partial charge on any atom is 0.319 e. The number of rotatable bonds is 7. The largest absolute Gasteiger partial charge is 0.486 e. The molecule has 1 aromatic heterocycles. The van der Waals surface area contributed by atoms with Gasteiger partial charge in [0.15, 0.2) is 5.01 Å². The van der Waals surface area contributed by atoms with Crippen molar-refractivity contribution >= 4 is 28.7 Å². The van der Waals surface area contributed by atoms with Crippen LogP contribution in [0.5, 0.6) is 5.75 Å². The van der Waals surface area contributed by atoms with E-state index in [4.69, 9.17) is 10.5 Å². The molecule has 1 fully saturated rings. The van der Waals surface area contributed by atoms with Crippen LogP contribution in [0.15, 0.2) is 42.5 Å². The van der Waals surface area contributed by atoms with E-state index in [1.807, 2.05) is 39.0 Å². The summed E-state index contributed by atoms with van der Waals surface area (Å²) in [5.41, 5.74) is 11.0. The summed E-state index contributed by atoms with van der Waals surface area (Å²) in [7, 11) is 0. The Hall–Kier alpha value is -3.17. The zero-order valence-corrected chi connectivity index (χ0v) is 21.1. The summed E-state index contributed by atoms with van der Waals surface area (Å²) in [5, 5.41) is 15.8. The molecular formula is C26H32N6O2S. The first-order valence-electron chi connectivity index (χ1n) is 12.2. The van der Waals surface area contributed by atoms with E-state index in [9.17, 15) is 4.79 Å². The highest BCUT2D eigenvalue weighted by atomic mass is 32.1. The maximum absolute atomic E-state index is 12.1. The first-order valence-corrected chi connectivity index (χ1v) is 13.0. The average molecular weight is 493 g/mol. The Morgan fingerprint density at radius 2 is 1.97 bits per heavy atom. The van der Waals surface area contributed by atoms with E-state index in [1.165, 1.54) is 6.42 Å². The third-order valence-electron chi connectivity index (χ3n) is 6.61. The summed E-state index contributed by atoms with van der Waals surface area (Å²) in [6, 6.07) is 14.5. The molecule has 9 heteroatoms. The second kappa shape index (κ2) is 9.83. The SMILES string of the molecule is Cc1nnc(COc2ccc3c(c2)N(C2CCC2)C(c2ccc(NC(=O)NC(C)C)cc2)C3N)s1. The Bertz CT molecular complexity index is 1190. The van der Waals surface area contributed by atoms with E-state index in [0.717, 1.165) is 51.1 Å². The minimum Gasteiger partial charge on any atom is -0.486 e. The molecule has 0 saturated heterocycles. The number of amides is 2. The van der Waals surface area contributed by atoms with Crippen LogP contribution < -0.4 is 26.0 Å². The number of hydrogen-bond donors (Lipinski definition) is 3. The number of benzene rings is 2. The average Bonchev–Trinajstić information content (AvgIpc) is 3.32. The van der Waals surface area contributed by atoms with Gasteiger partial charge in [0.1, 0.15) is 17.4 Å². The van der Waals surface area contributed by atoms with E-state index >= 15 is 0 Å². The summed E-state index contributed by atoms with van der Waals surface area (Å²) in [5.74, 6) is 0.810. The molecule has 2 unspecified atom stereocenters. The van der Waals surface area contributed by atoms with Crippen LogP contribution in [-0.2, 0) is 6.61 Å². The van der Waals surface area contributed by atoms with Crippen LogP contribution >= 0.6 is 11.3 Å². The monoisotopic (exact) mass is 492 g/mol. The van der Waals surface area contributed by atoms with Crippen LogP contribution in [0, 0.1) is 6.92 Å². The molecule has 0 bridgehead atoms. The zero-order valence-electron chi connectivity index (χ0n) is 20.3. The molecule has 8 nitrogen and oxygen atoms in total. The topological polar surface area (TPSA) is 105 Å². The molecule has 3 aromatic rings. The number of urea groups is 1. The molecular weight excluding hydrogens is 460 g/mol. The normalized spacial score (nSPS) is 19.4. The van der Waals surface area contributed by atoms with Gasteiger partial charge in [-0.1, -0.05) is 29.5 Å². The quantitative estimate of drug-likeness (QED) is 0.425. The van der Waals surface area contributed by atoms with Crippen molar-refractivity contribution in [2.75, 3.05) is 10.2 Å². The number of nitrogens with one attached hydrogen (secondary N) is 2. The minimum atomic E-state index is -0.204. The summed E-state index contributed by atoms with van der Waals surface area (Å²) >= 11 is 1.55. The maximum atomic E-state index is 12.1. The highest BCUT2D eigenvalue weighted by Gasteiger charge is 2.42. The van der Waals surface area contributed by atoms with Gasteiger partial charge < -0.3 is 26.0 Å². The van der Waals surface area contributed by atoms with E-state index in [-0.39, 0.29) is 24.2 Å². The number of fused-ring (bicyclic) bond motifs is 1. The van der Waals surface area contributed by atoms with Crippen molar-refractivity contribution in [3.63, 3.8) is 0 Å². The highest BCUT2D eigenvalue weighted by molar-refractivity contribution is 7.11. The van der Waals surface area contributed by atoms with Crippen molar-refractivity contribution in [2.45, 2.75) is 70.8 Å². The molecule has 1 saturated carbocycles. The van der Waals surface area contributed by atoms with Crippen LogP contribution in [0.2, 0.25) is 0 Å². The smallest absolute Gasteiger partial charge is 0.319 e. The molecule has 35 heavy (non-hydrogen) atoms. The Morgan fingerprint density at radius 1 is 1.20 bits per heavy atom. The third kappa shape index (κ3) is 4.97. The first kappa shape index (κ1) is 23.6. The van der Waals surface area contributed by atoms with E-state index < -0.39 is 0 Å². The Kier molecular flexibility index (Phi) is 6.62. The summed E-state index contributed by atoms with van der Waals surface area (Å²) in [4.78, 5) is 14.5. The molecule has 0 spiro atoms. The van der Waals surface area contributed by atoms with Gasteiger partial charge in [-0.15, -0.1) is 10.2 Å². The van der Waals surface area contributed by atoms with Crippen LogP contribution in [0.4, 0.5) is 16.2 Å². The fraction of sp³-hybridized carbons (Fsp3) is 0.423. The summed E-state index contributed by atoms with van der Waals surface area (Å²) in [6.45, 7) is 6.22. The number of nitrogens with two attached hydrogens (primary N) is 1. The molecule has 2 aromatic carbocycles. The predicted molar refractivity (Wildman–Crippen MR) is 139 cm³/mol. The van der Waals surface area contributed by atoms with Crippen LogP contribution in [0.25, 0.3) is 0 Å². The number of aryl methyl sites for hydroxylation is 1. The zero-order chi connectivity index (χ0) is 24.5. The lowest BCUT2D eigenvalue weighted by molar-refractivity contribution is 0.250. The Morgan fingerprint density at radius 3 is 2.60 bits per heavy atom. The fourth-order valence-electron chi connectivity index (χ4n) is 4.80. The number of aromatic nitrogens is 2. The molecule has 1 aliphatic heterocycles. The molecule has 2 aliphatic rings. The second-order valence-electron chi connectivity index (χ2n) is 9.56. The number of anilines is 2. The fourth-order valence-corrected chi connectivity index (χ4v) is 5.42. The van der Waals surface area contributed by atoms with Crippen LogP contribution in [0.1, 0.15) is 66.3 Å². The Balaban J connectivity index is 1.37. The van der Waals surface area contributed by atoms with Crippen molar-refractivity contribution in [3.8, 4) is 5.75 Å². The summed E-state index contributed by atoms with van der Waals surface area (Å²) in [6.07, 6.45) is 3.55. The summed E-state index contributed by atoms with van der Waals surface area (Å²) < 4.78 is 6.06. The van der Waals surface area contributed by atoms with Gasteiger partial charge in [0, 0.05) is 29.5 Å². The number of hydrogen-bond acceptors (Lipinski definition) is 7. The molecule has 2 atom stereocenters. The first-order chi connectivity index (χ1) is 16.9. The number of nitrogens with zero attached hydrogens (tertiary/aromatic N) is 3. The van der Waals surface area contributed by atoms with Gasteiger partial charge >= 0.3 is 6.03 Å². The van der Waals surface area contributed by atoms with Gasteiger partial charge in [-0.3, -0.25) is 0 Å². The lowest BCUT2D eigenvalue weighted by atomic mass is 9.89. The minimum absolute atomic E-state index is 0.0369. The number of carbonyl (C=O) groups excluding carboxylic acids is 1. The van der Waals surface area contributed by atoms with E-state index in [2.05, 4.69) is 50.0 Å². The number of ether oxygens (including phenoxy) is 1. The van der Waals surface area contributed by atoms with Gasteiger partial charge in [0.25, 0.3) is 0 Å². The van der Waals surface area contributed by atoms with Gasteiger partial charge in [-0.05, 0) is 69.4 Å². The third-order valence-corrected chi connectivity index (χ3v) is 7.42. The molecule has 1 aliphatic carbocycles. The van der Waals surface area contributed by atoms with Gasteiger partial charge in [-0.25, -0.2) is 4.79 Å².